The molecule has 0 saturated heterocycles. The van der Waals surface area contributed by atoms with Gasteiger partial charge in [-0.1, -0.05) is 11.2 Å². The summed E-state index contributed by atoms with van der Waals surface area (Å²) in [6, 6.07) is 13.0. The predicted octanol–water partition coefficient (Wildman–Crippen LogP) is 6.02. The van der Waals surface area contributed by atoms with E-state index in [0.717, 1.165) is 29.3 Å². The lowest BCUT2D eigenvalue weighted by Gasteiger charge is -2.54. The third kappa shape index (κ3) is 3.54. The lowest BCUT2D eigenvalue weighted by molar-refractivity contribution is 0.0505. The number of nitrogens with zero attached hydrogens (tertiary/aromatic N) is 3. The van der Waals surface area contributed by atoms with Gasteiger partial charge < -0.3 is 9.84 Å². The van der Waals surface area contributed by atoms with Crippen LogP contribution in [0.4, 0.5) is 5.69 Å². The van der Waals surface area contributed by atoms with E-state index < -0.39 is 0 Å². The molecule has 160 valence electrons. The molecule has 0 aliphatic heterocycles. The van der Waals surface area contributed by atoms with Crippen LogP contribution in [0.5, 0.6) is 0 Å². The molecule has 1 aromatic carbocycles. The molecule has 4 aliphatic rings. The standard InChI is InChI=1S/C26H30N4O/c1-18-15-21(7-14-27-18)26-11-8-25(9-12-26,10-13-26)17-28-22-4-2-3-20(16-22)24-29-23(30-31-24)19-5-6-19/h2-4,7,14-16,19,28H,5-6,8-13,17H2,1H3. The van der Waals surface area contributed by atoms with Crippen LogP contribution in [0.1, 0.15) is 74.4 Å². The summed E-state index contributed by atoms with van der Waals surface area (Å²) in [6.07, 6.45) is 12.1. The summed E-state index contributed by atoms with van der Waals surface area (Å²) in [5.41, 5.74) is 5.60. The summed E-state index contributed by atoms with van der Waals surface area (Å²) < 4.78 is 5.52. The quantitative estimate of drug-likeness (QED) is 0.534. The number of hydrogen-bond donors (Lipinski definition) is 1. The van der Waals surface area contributed by atoms with Crippen molar-refractivity contribution in [3.8, 4) is 11.5 Å². The van der Waals surface area contributed by atoms with Crippen molar-refractivity contribution in [3.63, 3.8) is 0 Å². The van der Waals surface area contributed by atoms with Crippen LogP contribution in [0.3, 0.4) is 0 Å². The fraction of sp³-hybridized carbons (Fsp3) is 0.500. The molecular formula is C26H30N4O. The molecule has 7 rings (SSSR count). The highest BCUT2D eigenvalue weighted by molar-refractivity contribution is 5.61. The average molecular weight is 415 g/mol. The summed E-state index contributed by atoms with van der Waals surface area (Å²) in [6.45, 7) is 3.15. The van der Waals surface area contributed by atoms with E-state index in [2.05, 4.69) is 63.8 Å². The van der Waals surface area contributed by atoms with E-state index in [1.807, 2.05) is 6.20 Å². The van der Waals surface area contributed by atoms with Crippen LogP contribution in [-0.4, -0.2) is 21.7 Å². The van der Waals surface area contributed by atoms with Gasteiger partial charge in [0.2, 0.25) is 0 Å². The van der Waals surface area contributed by atoms with Crippen molar-refractivity contribution in [2.24, 2.45) is 5.41 Å². The smallest absolute Gasteiger partial charge is 0.258 e. The fourth-order valence-electron chi connectivity index (χ4n) is 5.75. The van der Waals surface area contributed by atoms with Crippen molar-refractivity contribution in [1.29, 1.82) is 0 Å². The zero-order chi connectivity index (χ0) is 20.9. The number of anilines is 1. The number of fused-ring (bicyclic) bond motifs is 3. The third-order valence-electron chi connectivity index (χ3n) is 8.07. The van der Waals surface area contributed by atoms with Gasteiger partial charge in [0.05, 0.1) is 0 Å². The molecule has 0 amide bonds. The molecule has 2 bridgehead atoms. The summed E-state index contributed by atoms with van der Waals surface area (Å²) in [5.74, 6) is 2.01. The normalized spacial score (nSPS) is 27.4. The minimum atomic E-state index is 0.382. The summed E-state index contributed by atoms with van der Waals surface area (Å²) in [7, 11) is 0. The first-order chi connectivity index (χ1) is 15.1. The summed E-state index contributed by atoms with van der Waals surface area (Å²) >= 11 is 0. The number of aromatic nitrogens is 3. The van der Waals surface area contributed by atoms with Crippen LogP contribution >= 0.6 is 0 Å². The largest absolute Gasteiger partial charge is 0.384 e. The van der Waals surface area contributed by atoms with Crippen LogP contribution in [0.25, 0.3) is 11.5 Å². The number of benzene rings is 1. The van der Waals surface area contributed by atoms with Crippen LogP contribution in [-0.2, 0) is 5.41 Å². The first-order valence-corrected chi connectivity index (χ1v) is 11.7. The Morgan fingerprint density at radius 1 is 1.03 bits per heavy atom. The van der Waals surface area contributed by atoms with Gasteiger partial charge in [0, 0.05) is 35.6 Å². The fourth-order valence-corrected chi connectivity index (χ4v) is 5.75. The molecule has 4 aliphatic carbocycles. The number of hydrogen-bond acceptors (Lipinski definition) is 5. The molecule has 31 heavy (non-hydrogen) atoms. The highest BCUT2D eigenvalue weighted by atomic mass is 16.5. The Kier molecular flexibility index (Phi) is 4.41. The van der Waals surface area contributed by atoms with Crippen LogP contribution < -0.4 is 5.32 Å². The van der Waals surface area contributed by atoms with Gasteiger partial charge in [-0.05, 0) is 105 Å². The number of rotatable bonds is 6. The molecule has 0 atom stereocenters. The van der Waals surface area contributed by atoms with Crippen LogP contribution in [0.2, 0.25) is 0 Å². The van der Waals surface area contributed by atoms with Gasteiger partial charge >= 0.3 is 0 Å². The van der Waals surface area contributed by atoms with Crippen LogP contribution in [0.15, 0.2) is 47.1 Å². The minimum absolute atomic E-state index is 0.382. The molecule has 4 saturated carbocycles. The highest BCUT2D eigenvalue weighted by Gasteiger charge is 2.49. The van der Waals surface area contributed by atoms with Crippen molar-refractivity contribution >= 4 is 5.69 Å². The SMILES string of the molecule is Cc1cc(C23CCC(CNc4cccc(-c5nc(C6CC6)no5)c4)(CC2)CC3)ccn1. The average Bonchev–Trinajstić information content (AvgIpc) is 3.56. The zero-order valence-corrected chi connectivity index (χ0v) is 18.2. The van der Waals surface area contributed by atoms with Gasteiger partial charge in [-0.2, -0.15) is 4.98 Å². The molecule has 5 heteroatoms. The van der Waals surface area contributed by atoms with Crippen molar-refractivity contribution in [2.75, 3.05) is 11.9 Å². The Balaban J connectivity index is 1.13. The van der Waals surface area contributed by atoms with Crippen molar-refractivity contribution in [1.82, 2.24) is 15.1 Å². The van der Waals surface area contributed by atoms with E-state index in [-0.39, 0.29) is 0 Å². The molecule has 2 heterocycles. The Morgan fingerprint density at radius 3 is 2.58 bits per heavy atom. The maximum atomic E-state index is 5.52. The van der Waals surface area contributed by atoms with E-state index in [1.54, 1.807) is 0 Å². The Morgan fingerprint density at radius 2 is 1.84 bits per heavy atom. The Labute approximate surface area is 183 Å². The predicted molar refractivity (Wildman–Crippen MR) is 121 cm³/mol. The summed E-state index contributed by atoms with van der Waals surface area (Å²) in [5, 5.41) is 7.90. The van der Waals surface area contributed by atoms with Crippen molar-refractivity contribution < 1.29 is 4.52 Å². The van der Waals surface area contributed by atoms with E-state index in [0.29, 0.717) is 22.6 Å². The van der Waals surface area contributed by atoms with Crippen LogP contribution in [0, 0.1) is 12.3 Å². The molecule has 0 unspecified atom stereocenters. The monoisotopic (exact) mass is 414 g/mol. The van der Waals surface area contributed by atoms with Crippen molar-refractivity contribution in [2.45, 2.75) is 69.6 Å². The van der Waals surface area contributed by atoms with E-state index in [4.69, 9.17) is 4.52 Å². The van der Waals surface area contributed by atoms with Crippen molar-refractivity contribution in [3.05, 3.63) is 59.7 Å². The molecule has 0 radical (unpaired) electrons. The van der Waals surface area contributed by atoms with E-state index in [1.165, 1.54) is 56.9 Å². The number of pyridine rings is 1. The second-order valence-electron chi connectivity index (χ2n) is 10.1. The van der Waals surface area contributed by atoms with E-state index in [9.17, 15) is 0 Å². The molecule has 3 aromatic rings. The molecule has 0 spiro atoms. The third-order valence-corrected chi connectivity index (χ3v) is 8.07. The number of aryl methyl sites for hydroxylation is 1. The van der Waals surface area contributed by atoms with Gasteiger partial charge in [-0.15, -0.1) is 0 Å². The lowest BCUT2D eigenvalue weighted by Crippen LogP contribution is -2.47. The molecule has 1 N–H and O–H groups in total. The zero-order valence-electron chi connectivity index (χ0n) is 18.2. The van der Waals surface area contributed by atoms with Gasteiger partial charge in [0.15, 0.2) is 5.82 Å². The molecule has 4 fully saturated rings. The highest BCUT2D eigenvalue weighted by Crippen LogP contribution is 2.57. The maximum absolute atomic E-state index is 5.52. The second-order valence-corrected chi connectivity index (χ2v) is 10.1. The van der Waals surface area contributed by atoms with Gasteiger partial charge in [-0.3, -0.25) is 4.98 Å². The van der Waals surface area contributed by atoms with Gasteiger partial charge in [0.1, 0.15) is 0 Å². The lowest BCUT2D eigenvalue weighted by atomic mass is 9.52. The molecule has 5 nitrogen and oxygen atoms in total. The Hall–Kier alpha value is -2.69. The molecule has 2 aromatic heterocycles. The van der Waals surface area contributed by atoms with Gasteiger partial charge in [-0.25, -0.2) is 0 Å². The summed E-state index contributed by atoms with van der Waals surface area (Å²) in [4.78, 5) is 9.01. The minimum Gasteiger partial charge on any atom is -0.384 e. The second kappa shape index (κ2) is 7.18. The van der Waals surface area contributed by atoms with Gasteiger partial charge in [0.25, 0.3) is 5.89 Å². The maximum Gasteiger partial charge on any atom is 0.258 e. The first kappa shape index (κ1) is 19.0. The Bertz CT molecular complexity index is 1080. The number of nitrogens with one attached hydrogen (secondary N) is 1. The van der Waals surface area contributed by atoms with E-state index >= 15 is 0 Å². The topological polar surface area (TPSA) is 63.8 Å². The first-order valence-electron chi connectivity index (χ1n) is 11.7. The molecular weight excluding hydrogens is 384 g/mol.